The maximum Gasteiger partial charge on any atom is 0.259 e. The van der Waals surface area contributed by atoms with E-state index in [1.165, 1.54) is 9.36 Å². The largest absolute Gasteiger partial charge is 0.383 e. The van der Waals surface area contributed by atoms with Gasteiger partial charge in [0, 0.05) is 55.5 Å². The maximum atomic E-state index is 13.6. The molecule has 0 spiro atoms. The summed E-state index contributed by atoms with van der Waals surface area (Å²) in [4.78, 5) is 60.4. The minimum Gasteiger partial charge on any atom is -0.383 e. The Bertz CT molecular complexity index is 3250. The zero-order chi connectivity index (χ0) is 59.7. The molecular weight excluding hydrogens is 1030 g/mol. The van der Waals surface area contributed by atoms with E-state index >= 15 is 0 Å². The molecular formula is C57H77N21O3. The van der Waals surface area contributed by atoms with Crippen molar-refractivity contribution in [2.24, 2.45) is 41.8 Å². The number of aromatic nitrogens is 7. The van der Waals surface area contributed by atoms with Crippen LogP contribution in [0.1, 0.15) is 146 Å². The third kappa shape index (κ3) is 13.7. The van der Waals surface area contributed by atoms with Crippen LogP contribution in [0.25, 0.3) is 11.9 Å². The highest BCUT2D eigenvalue weighted by Gasteiger charge is 2.32. The predicted molar refractivity (Wildman–Crippen MR) is 316 cm³/mol. The lowest BCUT2D eigenvalue weighted by molar-refractivity contribution is 0.0765. The number of anilines is 3. The van der Waals surface area contributed by atoms with Gasteiger partial charge in [0.2, 0.25) is 5.95 Å². The third-order valence-corrected chi connectivity index (χ3v) is 13.0. The van der Waals surface area contributed by atoms with E-state index in [9.17, 15) is 19.8 Å². The highest BCUT2D eigenvalue weighted by Crippen LogP contribution is 2.40. The number of rotatable bonds is 20. The summed E-state index contributed by atoms with van der Waals surface area (Å²) in [6.45, 7) is 31.4. The van der Waals surface area contributed by atoms with Gasteiger partial charge in [-0.05, 0) is 77.9 Å². The fraction of sp³-hybridized carbons (Fsp3) is 0.421. The van der Waals surface area contributed by atoms with Gasteiger partial charge in [-0.3, -0.25) is 14.4 Å². The van der Waals surface area contributed by atoms with E-state index in [0.717, 1.165) is 0 Å². The molecule has 0 saturated heterocycles. The molecule has 0 aliphatic heterocycles. The molecule has 24 heteroatoms. The van der Waals surface area contributed by atoms with Crippen LogP contribution in [-0.2, 0) is 10.8 Å². The Morgan fingerprint density at radius 1 is 0.531 bits per heavy atom. The Morgan fingerprint density at radius 2 is 0.864 bits per heavy atom. The van der Waals surface area contributed by atoms with Crippen LogP contribution in [0.4, 0.5) is 46.0 Å². The Kier molecular flexibility index (Phi) is 19.1. The van der Waals surface area contributed by atoms with Crippen molar-refractivity contribution in [3.05, 3.63) is 112 Å². The standard InChI is InChI=1S/C57H77N21O3/c1-16-74(17-2)49(79)34-28-22-25-31-37(34)66-69-40(43(58)55(7,8)9)46(59)62-52-63-53(77-47(60)41(44(72-77)56(10,11)12)70-67-38-32-26-23-29-35(38)50(80)75(18-3)19-4)65-54(64-52)78-48(61)42(45(73-78)57(13,14)15)71-68-39-33-27-24-30-36(39)51(81)76(20-5)21-6/h22-33,58H,16-21,59-61H2,1-15H3,(H,62,63,64,65)/b46-40+,58-43?,69-66+,70-67+,71-68+. The number of hydrogen-bond acceptors (Lipinski definition) is 19. The van der Waals surface area contributed by atoms with Gasteiger partial charge in [-0.1, -0.05) is 98.7 Å². The van der Waals surface area contributed by atoms with E-state index in [1.807, 2.05) is 104 Å². The number of hydrogen-bond donors (Lipinski definition) is 5. The van der Waals surface area contributed by atoms with E-state index in [2.05, 4.69) is 36.0 Å². The smallest absolute Gasteiger partial charge is 0.259 e. The zero-order valence-corrected chi connectivity index (χ0v) is 49.3. The summed E-state index contributed by atoms with van der Waals surface area (Å²) >= 11 is 0. The van der Waals surface area contributed by atoms with Crippen molar-refractivity contribution in [2.75, 3.05) is 56.1 Å². The third-order valence-electron chi connectivity index (χ3n) is 13.0. The molecule has 0 radical (unpaired) electrons. The molecule has 3 aromatic heterocycles. The zero-order valence-electron chi connectivity index (χ0n) is 49.3. The summed E-state index contributed by atoms with van der Waals surface area (Å²) in [5.41, 5.74) is 21.8. The van der Waals surface area contributed by atoms with Crippen LogP contribution in [-0.4, -0.2) is 112 Å². The molecule has 0 aliphatic carbocycles. The van der Waals surface area contributed by atoms with E-state index in [1.54, 1.807) is 87.5 Å². The van der Waals surface area contributed by atoms with Gasteiger partial charge in [-0.15, -0.1) is 30.7 Å². The van der Waals surface area contributed by atoms with Crippen molar-refractivity contribution in [1.82, 2.24) is 49.2 Å². The van der Waals surface area contributed by atoms with Crippen LogP contribution in [0, 0.1) is 10.8 Å². The van der Waals surface area contributed by atoms with E-state index in [4.69, 9.17) is 42.4 Å². The molecule has 0 aliphatic rings. The van der Waals surface area contributed by atoms with Gasteiger partial charge in [0.1, 0.15) is 11.5 Å². The quantitative estimate of drug-likeness (QED) is 0.0352. The summed E-state index contributed by atoms with van der Waals surface area (Å²) in [6, 6.07) is 20.6. The van der Waals surface area contributed by atoms with Gasteiger partial charge in [0.05, 0.1) is 50.9 Å². The first-order valence-electron chi connectivity index (χ1n) is 27.0. The lowest BCUT2D eigenvalue weighted by atomic mass is 9.88. The van der Waals surface area contributed by atoms with Gasteiger partial charge in [0.25, 0.3) is 29.6 Å². The molecule has 6 aromatic rings. The molecule has 6 rings (SSSR count). The molecule has 8 N–H and O–H groups in total. The predicted octanol–water partition coefficient (Wildman–Crippen LogP) is 11.7. The molecule has 3 aromatic carbocycles. The molecule has 81 heavy (non-hydrogen) atoms. The molecule has 24 nitrogen and oxygen atoms in total. The molecule has 3 amide bonds. The average molecular weight is 1100 g/mol. The average Bonchev–Trinajstić information content (AvgIpc) is 4.12. The fourth-order valence-corrected chi connectivity index (χ4v) is 8.31. The number of allylic oxidation sites excluding steroid dienone is 1. The Hall–Kier alpha value is -9.09. The van der Waals surface area contributed by atoms with Crippen molar-refractivity contribution >= 4 is 69.5 Å². The number of carbonyl (C=O) groups is 3. The summed E-state index contributed by atoms with van der Waals surface area (Å²) in [7, 11) is 0. The second kappa shape index (κ2) is 25.4. The van der Waals surface area contributed by atoms with Gasteiger partial charge in [-0.25, -0.2) is 0 Å². The number of benzene rings is 3. The number of azo groups is 3. The van der Waals surface area contributed by atoms with E-state index in [-0.39, 0.29) is 81.5 Å². The van der Waals surface area contributed by atoms with Crippen LogP contribution in [0.5, 0.6) is 0 Å². The Morgan fingerprint density at radius 3 is 1.19 bits per heavy atom. The first kappa shape index (κ1) is 61.1. The number of nitrogens with two attached hydrogens (primary N) is 3. The molecule has 3 heterocycles. The first-order chi connectivity index (χ1) is 38.2. The number of nitrogen functional groups attached to an aromatic ring is 2. The molecule has 0 bridgehead atoms. The minimum atomic E-state index is -0.819. The van der Waals surface area contributed by atoms with Crippen LogP contribution in [0.3, 0.4) is 0 Å². The normalized spacial score (nSPS) is 12.6. The lowest BCUT2D eigenvalue weighted by Gasteiger charge is -2.21. The molecule has 0 atom stereocenters. The summed E-state index contributed by atoms with van der Waals surface area (Å²) in [5, 5.41) is 49.8. The Labute approximate surface area is 473 Å². The van der Waals surface area contributed by atoms with Crippen LogP contribution >= 0.6 is 0 Å². The van der Waals surface area contributed by atoms with Crippen molar-refractivity contribution in [3.63, 3.8) is 0 Å². The SMILES string of the molecule is CCN(CC)C(=O)c1ccccc1/N=N/C(C(=N)C(C)(C)C)=C(\N)Nc1nc(-n2nc(C(C)(C)C)c(/N=N/c3ccccc3C(=O)N(CC)CC)c2N)nc(-n2nc(C(C)(C)C)c(/N=N/c3ccccc3C(=O)N(CC)CC)c2N)n1. The van der Waals surface area contributed by atoms with Gasteiger partial charge >= 0.3 is 0 Å². The minimum absolute atomic E-state index is 0.0127. The lowest BCUT2D eigenvalue weighted by Crippen LogP contribution is -2.30. The van der Waals surface area contributed by atoms with Crippen molar-refractivity contribution in [1.29, 1.82) is 5.41 Å². The highest BCUT2D eigenvalue weighted by molar-refractivity contribution is 6.02. The number of nitrogens with one attached hydrogen (secondary N) is 2. The van der Waals surface area contributed by atoms with Crippen LogP contribution in [0.15, 0.2) is 115 Å². The number of nitrogens with zero attached hydrogens (tertiary/aromatic N) is 16. The van der Waals surface area contributed by atoms with Crippen LogP contribution < -0.4 is 22.5 Å². The summed E-state index contributed by atoms with van der Waals surface area (Å²) in [5.74, 6) is -1.40. The molecule has 0 fully saturated rings. The summed E-state index contributed by atoms with van der Waals surface area (Å²) in [6.07, 6.45) is 0. The van der Waals surface area contributed by atoms with Gasteiger partial charge in [-0.2, -0.15) is 34.5 Å². The maximum absolute atomic E-state index is 13.6. The number of amides is 3. The second-order valence-electron chi connectivity index (χ2n) is 21.8. The van der Waals surface area contributed by atoms with Crippen LogP contribution in [0.2, 0.25) is 0 Å². The molecule has 0 saturated carbocycles. The molecule has 0 unspecified atom stereocenters. The molecule has 428 valence electrons. The second-order valence-corrected chi connectivity index (χ2v) is 21.8. The van der Waals surface area contributed by atoms with Gasteiger partial charge < -0.3 is 42.6 Å². The van der Waals surface area contributed by atoms with E-state index < -0.39 is 16.2 Å². The summed E-state index contributed by atoms with van der Waals surface area (Å²) < 4.78 is 2.54. The van der Waals surface area contributed by atoms with Gasteiger partial charge in [0.15, 0.2) is 23.0 Å². The first-order valence-corrected chi connectivity index (χ1v) is 27.0. The monoisotopic (exact) mass is 1100 g/mol. The van der Waals surface area contributed by atoms with Crippen molar-refractivity contribution in [2.45, 2.75) is 115 Å². The van der Waals surface area contributed by atoms with Crippen molar-refractivity contribution < 1.29 is 14.4 Å². The highest BCUT2D eigenvalue weighted by atomic mass is 16.2. The topological polar surface area (TPSA) is 323 Å². The fourth-order valence-electron chi connectivity index (χ4n) is 8.31. The number of carbonyl (C=O) groups excluding carboxylic acids is 3. The van der Waals surface area contributed by atoms with Crippen molar-refractivity contribution in [3.8, 4) is 11.9 Å². The van der Waals surface area contributed by atoms with E-state index in [0.29, 0.717) is 78.7 Å². The Balaban J connectivity index is 1.61.